The summed E-state index contributed by atoms with van der Waals surface area (Å²) in [6.07, 6.45) is 0.380. The van der Waals surface area contributed by atoms with Crippen molar-refractivity contribution in [3.05, 3.63) is 95.1 Å². The highest BCUT2D eigenvalue weighted by molar-refractivity contribution is 7.92. The number of carbonyl (C=O) groups excluding carboxylic acids is 2. The Labute approximate surface area is 232 Å². The van der Waals surface area contributed by atoms with Crippen LogP contribution >= 0.6 is 0 Å². The molecule has 0 radical (unpaired) electrons. The summed E-state index contributed by atoms with van der Waals surface area (Å²) in [5, 5.41) is 2.92. The third-order valence-electron chi connectivity index (χ3n) is 6.48. The van der Waals surface area contributed by atoms with Gasteiger partial charge in [-0.05, 0) is 70.4 Å². The molecule has 0 aromatic heterocycles. The molecule has 208 valence electrons. The molecule has 0 aliphatic rings. The van der Waals surface area contributed by atoms with E-state index >= 15 is 0 Å². The van der Waals surface area contributed by atoms with E-state index in [0.717, 1.165) is 26.6 Å². The van der Waals surface area contributed by atoms with Gasteiger partial charge < -0.3 is 10.2 Å². The number of aryl methyl sites for hydroxylation is 3. The van der Waals surface area contributed by atoms with Crippen LogP contribution in [-0.4, -0.2) is 43.8 Å². The maximum absolute atomic E-state index is 14.1. The van der Waals surface area contributed by atoms with Crippen molar-refractivity contribution in [3.8, 4) is 0 Å². The molecule has 3 aromatic carbocycles. The zero-order valence-electron chi connectivity index (χ0n) is 23.6. The Balaban J connectivity index is 2.09. The molecule has 0 heterocycles. The molecule has 7 nitrogen and oxygen atoms in total. The van der Waals surface area contributed by atoms with Crippen LogP contribution in [0, 0.1) is 20.8 Å². The summed E-state index contributed by atoms with van der Waals surface area (Å²) in [5.41, 5.74) is 4.04. The standard InChI is InChI=1S/C31H39N3O4S/c1-7-28(31(36)32-22(2)3)33(20-26-13-11-12-23(4)19-26)30(35)21-34(29-17-16-24(5)18-25(29)6)39(37,38)27-14-9-8-10-15-27/h8-19,22,28H,7,20-21H2,1-6H3,(H,32,36)/t28-/m1/s1. The van der Waals surface area contributed by atoms with Gasteiger partial charge in [0.1, 0.15) is 12.6 Å². The molecule has 0 bridgehead atoms. The first-order valence-corrected chi connectivity index (χ1v) is 14.7. The van der Waals surface area contributed by atoms with Gasteiger partial charge in [-0.3, -0.25) is 13.9 Å². The average Bonchev–Trinajstić information content (AvgIpc) is 2.87. The lowest BCUT2D eigenvalue weighted by Crippen LogP contribution is -2.53. The van der Waals surface area contributed by atoms with Crippen LogP contribution in [0.3, 0.4) is 0 Å². The molecule has 2 amide bonds. The summed E-state index contributed by atoms with van der Waals surface area (Å²) >= 11 is 0. The van der Waals surface area contributed by atoms with Gasteiger partial charge in [0.05, 0.1) is 10.6 Å². The number of rotatable bonds is 11. The Morgan fingerprint density at radius 3 is 2.13 bits per heavy atom. The highest BCUT2D eigenvalue weighted by Gasteiger charge is 2.34. The highest BCUT2D eigenvalue weighted by atomic mass is 32.2. The molecule has 0 aliphatic carbocycles. The van der Waals surface area contributed by atoms with Gasteiger partial charge in [-0.15, -0.1) is 0 Å². The van der Waals surface area contributed by atoms with E-state index in [-0.39, 0.29) is 23.4 Å². The highest BCUT2D eigenvalue weighted by Crippen LogP contribution is 2.28. The molecule has 0 fully saturated rings. The van der Waals surface area contributed by atoms with Crippen molar-refractivity contribution in [1.29, 1.82) is 0 Å². The molecule has 1 atom stereocenters. The second kappa shape index (κ2) is 12.9. The first-order chi connectivity index (χ1) is 18.4. The van der Waals surface area contributed by atoms with Gasteiger partial charge >= 0.3 is 0 Å². The fraction of sp³-hybridized carbons (Fsp3) is 0.355. The molecular weight excluding hydrogens is 510 g/mol. The second-order valence-corrected chi connectivity index (χ2v) is 12.1. The predicted molar refractivity (Wildman–Crippen MR) is 156 cm³/mol. The van der Waals surface area contributed by atoms with Crippen LogP contribution in [0.1, 0.15) is 49.4 Å². The molecule has 0 saturated carbocycles. The van der Waals surface area contributed by atoms with E-state index in [2.05, 4.69) is 5.32 Å². The van der Waals surface area contributed by atoms with E-state index in [1.165, 1.54) is 17.0 Å². The number of hydrogen-bond donors (Lipinski definition) is 1. The first-order valence-electron chi connectivity index (χ1n) is 13.2. The average molecular weight is 550 g/mol. The van der Waals surface area contributed by atoms with E-state index < -0.39 is 28.5 Å². The quantitative estimate of drug-likeness (QED) is 0.359. The van der Waals surface area contributed by atoms with Gasteiger partial charge in [-0.1, -0.05) is 72.6 Å². The summed E-state index contributed by atoms with van der Waals surface area (Å²) in [5.74, 6) is -0.723. The minimum absolute atomic E-state index is 0.0904. The molecule has 0 aliphatic heterocycles. The van der Waals surface area contributed by atoms with Gasteiger partial charge in [0, 0.05) is 12.6 Å². The monoisotopic (exact) mass is 549 g/mol. The molecule has 0 spiro atoms. The Morgan fingerprint density at radius 1 is 0.872 bits per heavy atom. The number of nitrogens with zero attached hydrogens (tertiary/aromatic N) is 2. The van der Waals surface area contributed by atoms with Crippen LogP contribution in [0.4, 0.5) is 5.69 Å². The molecule has 3 aromatic rings. The minimum atomic E-state index is -4.08. The molecule has 8 heteroatoms. The van der Waals surface area contributed by atoms with Crippen LogP contribution in [0.15, 0.2) is 77.7 Å². The predicted octanol–water partition coefficient (Wildman–Crippen LogP) is 5.14. The number of sulfonamides is 1. The van der Waals surface area contributed by atoms with Crippen LogP contribution in [-0.2, 0) is 26.2 Å². The molecule has 0 saturated heterocycles. The normalized spacial score (nSPS) is 12.2. The van der Waals surface area contributed by atoms with Crippen molar-refractivity contribution < 1.29 is 18.0 Å². The Bertz CT molecular complexity index is 1400. The summed E-state index contributed by atoms with van der Waals surface area (Å²) < 4.78 is 29.0. The van der Waals surface area contributed by atoms with Gasteiger partial charge in [0.25, 0.3) is 10.0 Å². The van der Waals surface area contributed by atoms with E-state index in [1.54, 1.807) is 24.3 Å². The van der Waals surface area contributed by atoms with E-state index in [9.17, 15) is 18.0 Å². The number of anilines is 1. The second-order valence-electron chi connectivity index (χ2n) is 10.2. The molecule has 0 unspecified atom stereocenters. The maximum atomic E-state index is 14.1. The van der Waals surface area contributed by atoms with Crippen LogP contribution in [0.5, 0.6) is 0 Å². The fourth-order valence-corrected chi connectivity index (χ4v) is 6.13. The Hall–Kier alpha value is -3.65. The zero-order chi connectivity index (χ0) is 28.7. The van der Waals surface area contributed by atoms with E-state index in [1.807, 2.05) is 77.9 Å². The fourth-order valence-electron chi connectivity index (χ4n) is 4.63. The van der Waals surface area contributed by atoms with Crippen LogP contribution in [0.25, 0.3) is 0 Å². The van der Waals surface area contributed by atoms with Gasteiger partial charge in [0.2, 0.25) is 11.8 Å². The van der Waals surface area contributed by atoms with E-state index in [0.29, 0.717) is 12.1 Å². The molecular formula is C31H39N3O4S. The third kappa shape index (κ3) is 7.47. The van der Waals surface area contributed by atoms with Crippen molar-refractivity contribution in [1.82, 2.24) is 10.2 Å². The smallest absolute Gasteiger partial charge is 0.264 e. The number of hydrogen-bond acceptors (Lipinski definition) is 4. The number of nitrogens with one attached hydrogen (secondary N) is 1. The number of amides is 2. The number of carbonyl (C=O) groups is 2. The zero-order valence-corrected chi connectivity index (χ0v) is 24.5. The minimum Gasteiger partial charge on any atom is -0.352 e. The van der Waals surface area contributed by atoms with Crippen molar-refractivity contribution in [2.24, 2.45) is 0 Å². The Morgan fingerprint density at radius 2 is 1.54 bits per heavy atom. The topological polar surface area (TPSA) is 86.8 Å². The van der Waals surface area contributed by atoms with Gasteiger partial charge in [0.15, 0.2) is 0 Å². The first kappa shape index (κ1) is 29.9. The lowest BCUT2D eigenvalue weighted by molar-refractivity contribution is -0.140. The van der Waals surface area contributed by atoms with Crippen molar-refractivity contribution in [3.63, 3.8) is 0 Å². The van der Waals surface area contributed by atoms with Gasteiger partial charge in [-0.2, -0.15) is 0 Å². The van der Waals surface area contributed by atoms with E-state index in [4.69, 9.17) is 0 Å². The summed E-state index contributed by atoms with van der Waals surface area (Å²) in [6.45, 7) is 11.0. The molecule has 1 N–H and O–H groups in total. The van der Waals surface area contributed by atoms with Crippen LogP contribution in [0.2, 0.25) is 0 Å². The van der Waals surface area contributed by atoms with Crippen LogP contribution < -0.4 is 9.62 Å². The van der Waals surface area contributed by atoms with Crippen molar-refractivity contribution >= 4 is 27.5 Å². The Kier molecular flexibility index (Phi) is 9.92. The largest absolute Gasteiger partial charge is 0.352 e. The van der Waals surface area contributed by atoms with Gasteiger partial charge in [-0.25, -0.2) is 8.42 Å². The number of benzene rings is 3. The maximum Gasteiger partial charge on any atom is 0.264 e. The van der Waals surface area contributed by atoms with Crippen molar-refractivity contribution in [2.75, 3.05) is 10.8 Å². The summed E-state index contributed by atoms with van der Waals surface area (Å²) in [7, 11) is -4.08. The summed E-state index contributed by atoms with van der Waals surface area (Å²) in [6, 6.07) is 20.4. The summed E-state index contributed by atoms with van der Waals surface area (Å²) in [4.78, 5) is 28.9. The lowest BCUT2D eigenvalue weighted by atomic mass is 10.1. The lowest BCUT2D eigenvalue weighted by Gasteiger charge is -2.34. The molecule has 3 rings (SSSR count). The van der Waals surface area contributed by atoms with Crippen molar-refractivity contribution in [2.45, 2.75) is 71.5 Å². The SMILES string of the molecule is CC[C@H](C(=O)NC(C)C)N(Cc1cccc(C)c1)C(=O)CN(c1ccc(C)cc1C)S(=O)(=O)c1ccccc1. The molecule has 39 heavy (non-hydrogen) atoms. The third-order valence-corrected chi connectivity index (χ3v) is 8.26.